The van der Waals surface area contributed by atoms with Crippen LogP contribution in [-0.2, 0) is 13.1 Å². The maximum Gasteiger partial charge on any atom is 0.0317 e. The summed E-state index contributed by atoms with van der Waals surface area (Å²) in [4.78, 5) is 2.55. The molecule has 2 nitrogen and oxygen atoms in total. The highest BCUT2D eigenvalue weighted by Crippen LogP contribution is 2.27. The Morgan fingerprint density at radius 1 is 1.19 bits per heavy atom. The molecule has 1 aliphatic heterocycles. The Morgan fingerprint density at radius 2 is 1.88 bits per heavy atom. The second-order valence-corrected chi connectivity index (χ2v) is 5.41. The molecule has 1 atom stereocenters. The predicted molar refractivity (Wildman–Crippen MR) is 69.0 cm³/mol. The average molecular weight is 218 g/mol. The van der Waals surface area contributed by atoms with Crippen molar-refractivity contribution in [3.8, 4) is 0 Å². The molecule has 16 heavy (non-hydrogen) atoms. The van der Waals surface area contributed by atoms with E-state index in [-0.39, 0.29) is 0 Å². The molecule has 2 heteroatoms. The number of rotatable bonds is 3. The lowest BCUT2D eigenvalue weighted by Crippen LogP contribution is -2.28. The fourth-order valence-electron chi connectivity index (χ4n) is 2.58. The largest absolute Gasteiger partial charge is 0.399 e. The minimum Gasteiger partial charge on any atom is -0.399 e. The van der Waals surface area contributed by atoms with E-state index in [0.29, 0.717) is 6.04 Å². The van der Waals surface area contributed by atoms with E-state index in [0.717, 1.165) is 24.7 Å². The molecule has 1 unspecified atom stereocenters. The van der Waals surface area contributed by atoms with Crippen LogP contribution in [0.1, 0.15) is 38.3 Å². The maximum absolute atomic E-state index is 5.81. The van der Waals surface area contributed by atoms with Gasteiger partial charge in [0.1, 0.15) is 0 Å². The normalized spacial score (nSPS) is 17.8. The van der Waals surface area contributed by atoms with Crippen molar-refractivity contribution in [2.24, 2.45) is 5.92 Å². The molecule has 0 aliphatic carbocycles. The van der Waals surface area contributed by atoms with E-state index >= 15 is 0 Å². The molecule has 0 amide bonds. The summed E-state index contributed by atoms with van der Waals surface area (Å²) in [6.45, 7) is 9.06. The number of nitrogens with zero attached hydrogens (tertiary/aromatic N) is 1. The second-order valence-electron chi connectivity index (χ2n) is 5.41. The van der Waals surface area contributed by atoms with Gasteiger partial charge >= 0.3 is 0 Å². The molecule has 1 heterocycles. The Labute approximate surface area is 98.4 Å². The molecule has 0 bridgehead atoms. The van der Waals surface area contributed by atoms with E-state index in [1.807, 2.05) is 6.07 Å². The van der Waals surface area contributed by atoms with Crippen LogP contribution in [0.2, 0.25) is 0 Å². The molecule has 88 valence electrons. The molecule has 1 aromatic rings. The van der Waals surface area contributed by atoms with Crippen molar-refractivity contribution in [3.63, 3.8) is 0 Å². The van der Waals surface area contributed by atoms with Gasteiger partial charge < -0.3 is 5.73 Å². The standard InChI is InChI=1S/C14H22N2/c1-10(2)6-11(3)16-8-12-4-5-14(15)7-13(12)9-16/h4-5,7,10-11H,6,8-9,15H2,1-3H3. The zero-order chi connectivity index (χ0) is 11.7. The number of anilines is 1. The Hall–Kier alpha value is -1.02. The Bertz CT molecular complexity index is 371. The predicted octanol–water partition coefficient (Wildman–Crippen LogP) is 3.02. The summed E-state index contributed by atoms with van der Waals surface area (Å²) in [5.74, 6) is 0.767. The van der Waals surface area contributed by atoms with E-state index in [1.165, 1.54) is 17.5 Å². The minimum absolute atomic E-state index is 0.661. The minimum atomic E-state index is 0.661. The third-order valence-electron chi connectivity index (χ3n) is 3.41. The van der Waals surface area contributed by atoms with Crippen LogP contribution in [0.5, 0.6) is 0 Å². The third kappa shape index (κ3) is 2.38. The second kappa shape index (κ2) is 4.46. The summed E-state index contributed by atoms with van der Waals surface area (Å²) in [6, 6.07) is 6.97. The summed E-state index contributed by atoms with van der Waals surface area (Å²) >= 11 is 0. The van der Waals surface area contributed by atoms with Gasteiger partial charge in [-0.2, -0.15) is 0 Å². The lowest BCUT2D eigenvalue weighted by Gasteiger charge is -2.25. The summed E-state index contributed by atoms with van der Waals surface area (Å²) in [7, 11) is 0. The molecular formula is C14H22N2. The van der Waals surface area contributed by atoms with Crippen molar-refractivity contribution >= 4 is 5.69 Å². The maximum atomic E-state index is 5.81. The molecular weight excluding hydrogens is 196 g/mol. The molecule has 0 spiro atoms. The summed E-state index contributed by atoms with van der Waals surface area (Å²) < 4.78 is 0. The van der Waals surface area contributed by atoms with Crippen LogP contribution < -0.4 is 5.73 Å². The zero-order valence-electron chi connectivity index (χ0n) is 10.5. The molecule has 0 aromatic heterocycles. The highest BCUT2D eigenvalue weighted by molar-refractivity contribution is 5.46. The number of hydrogen-bond donors (Lipinski definition) is 1. The third-order valence-corrected chi connectivity index (χ3v) is 3.41. The fraction of sp³-hybridized carbons (Fsp3) is 0.571. The monoisotopic (exact) mass is 218 g/mol. The van der Waals surface area contributed by atoms with Crippen molar-refractivity contribution in [3.05, 3.63) is 29.3 Å². The van der Waals surface area contributed by atoms with Gasteiger partial charge in [0.25, 0.3) is 0 Å². The average Bonchev–Trinajstić information content (AvgIpc) is 2.59. The van der Waals surface area contributed by atoms with Gasteiger partial charge in [0.05, 0.1) is 0 Å². The number of benzene rings is 1. The van der Waals surface area contributed by atoms with Gasteiger partial charge in [0.15, 0.2) is 0 Å². The molecule has 2 rings (SSSR count). The van der Waals surface area contributed by atoms with Gasteiger partial charge in [-0.1, -0.05) is 19.9 Å². The van der Waals surface area contributed by atoms with Crippen LogP contribution in [0.15, 0.2) is 18.2 Å². The number of nitrogens with two attached hydrogens (primary N) is 1. The topological polar surface area (TPSA) is 29.3 Å². The Kier molecular flexibility index (Phi) is 3.20. The van der Waals surface area contributed by atoms with Crippen LogP contribution >= 0.6 is 0 Å². The van der Waals surface area contributed by atoms with Crippen molar-refractivity contribution < 1.29 is 0 Å². The van der Waals surface area contributed by atoms with Gasteiger partial charge in [0, 0.05) is 24.8 Å². The lowest BCUT2D eigenvalue weighted by atomic mass is 10.0. The number of hydrogen-bond acceptors (Lipinski definition) is 2. The Morgan fingerprint density at radius 3 is 2.56 bits per heavy atom. The van der Waals surface area contributed by atoms with E-state index < -0.39 is 0 Å². The fourth-order valence-corrected chi connectivity index (χ4v) is 2.58. The van der Waals surface area contributed by atoms with E-state index in [9.17, 15) is 0 Å². The van der Waals surface area contributed by atoms with Gasteiger partial charge in [-0.25, -0.2) is 0 Å². The summed E-state index contributed by atoms with van der Waals surface area (Å²) in [5, 5.41) is 0. The molecule has 0 radical (unpaired) electrons. The first-order valence-electron chi connectivity index (χ1n) is 6.17. The Balaban J connectivity index is 2.05. The molecule has 0 saturated heterocycles. The SMILES string of the molecule is CC(C)CC(C)N1Cc2ccc(N)cc2C1. The molecule has 1 aliphatic rings. The van der Waals surface area contributed by atoms with E-state index in [1.54, 1.807) is 0 Å². The first-order chi connectivity index (χ1) is 7.56. The molecule has 0 saturated carbocycles. The van der Waals surface area contributed by atoms with Crippen LogP contribution in [0.25, 0.3) is 0 Å². The van der Waals surface area contributed by atoms with Crippen LogP contribution in [0.3, 0.4) is 0 Å². The highest BCUT2D eigenvalue weighted by atomic mass is 15.2. The first-order valence-corrected chi connectivity index (χ1v) is 6.17. The van der Waals surface area contributed by atoms with Crippen molar-refractivity contribution in [2.75, 3.05) is 5.73 Å². The van der Waals surface area contributed by atoms with Crippen molar-refractivity contribution in [2.45, 2.75) is 46.3 Å². The summed E-state index contributed by atoms with van der Waals surface area (Å²) in [6.07, 6.45) is 1.27. The number of nitrogen functional groups attached to an aromatic ring is 1. The molecule has 2 N–H and O–H groups in total. The van der Waals surface area contributed by atoms with E-state index in [4.69, 9.17) is 5.73 Å². The molecule has 1 aromatic carbocycles. The molecule has 0 fully saturated rings. The number of fused-ring (bicyclic) bond motifs is 1. The van der Waals surface area contributed by atoms with Gasteiger partial charge in [-0.3, -0.25) is 4.90 Å². The van der Waals surface area contributed by atoms with E-state index in [2.05, 4.69) is 37.8 Å². The van der Waals surface area contributed by atoms with Gasteiger partial charge in [-0.05, 0) is 42.5 Å². The smallest absolute Gasteiger partial charge is 0.0317 e. The van der Waals surface area contributed by atoms with Crippen molar-refractivity contribution in [1.82, 2.24) is 4.90 Å². The summed E-state index contributed by atoms with van der Waals surface area (Å²) in [5.41, 5.74) is 9.56. The van der Waals surface area contributed by atoms with Crippen molar-refractivity contribution in [1.29, 1.82) is 0 Å². The zero-order valence-corrected chi connectivity index (χ0v) is 10.5. The van der Waals surface area contributed by atoms with Crippen LogP contribution in [0.4, 0.5) is 5.69 Å². The quantitative estimate of drug-likeness (QED) is 0.790. The van der Waals surface area contributed by atoms with Gasteiger partial charge in [-0.15, -0.1) is 0 Å². The van der Waals surface area contributed by atoms with Crippen LogP contribution in [-0.4, -0.2) is 10.9 Å². The first kappa shape index (κ1) is 11.5. The van der Waals surface area contributed by atoms with Gasteiger partial charge in [0.2, 0.25) is 0 Å². The lowest BCUT2D eigenvalue weighted by molar-refractivity contribution is 0.188. The highest BCUT2D eigenvalue weighted by Gasteiger charge is 2.23. The van der Waals surface area contributed by atoms with Crippen LogP contribution in [0, 0.1) is 5.92 Å².